The number of ether oxygens (including phenoxy) is 2. The van der Waals surface area contributed by atoms with Gasteiger partial charge in [-0.3, -0.25) is 19.9 Å². The Balaban J connectivity index is 1.87. The van der Waals surface area contributed by atoms with Crippen LogP contribution < -0.4 is 19.7 Å². The third-order valence-electron chi connectivity index (χ3n) is 4.06. The van der Waals surface area contributed by atoms with E-state index in [0.717, 1.165) is 4.90 Å². The topological polar surface area (TPSA) is 97.3 Å². The van der Waals surface area contributed by atoms with E-state index in [2.05, 4.69) is 10.3 Å². The van der Waals surface area contributed by atoms with Crippen LogP contribution >= 0.6 is 0 Å². The van der Waals surface area contributed by atoms with Crippen LogP contribution in [0.1, 0.15) is 6.92 Å². The summed E-state index contributed by atoms with van der Waals surface area (Å²) < 4.78 is 10.6. The predicted octanol–water partition coefficient (Wildman–Crippen LogP) is 2.70. The van der Waals surface area contributed by atoms with Gasteiger partial charge in [-0.05, 0) is 43.3 Å². The van der Waals surface area contributed by atoms with Crippen LogP contribution in [-0.4, -0.2) is 37.8 Å². The minimum atomic E-state index is -1.24. The number of carbonyl (C=O) groups is 3. The molecule has 2 aromatic carbocycles. The van der Waals surface area contributed by atoms with Gasteiger partial charge in [-0.1, -0.05) is 12.1 Å². The number of nitrogens with one attached hydrogen (secondary N) is 1. The summed E-state index contributed by atoms with van der Waals surface area (Å²) in [5, 5.41) is 2.19. The molecule has 1 atom stereocenters. The van der Waals surface area contributed by atoms with Crippen LogP contribution in [0.3, 0.4) is 0 Å². The van der Waals surface area contributed by atoms with Gasteiger partial charge in [0.25, 0.3) is 5.91 Å². The summed E-state index contributed by atoms with van der Waals surface area (Å²) in [6.07, 6.45) is 1.22. The van der Waals surface area contributed by atoms with E-state index in [9.17, 15) is 14.4 Å². The second-order valence-electron chi connectivity index (χ2n) is 5.82. The molecule has 1 aliphatic heterocycles. The average molecular weight is 381 g/mol. The third-order valence-corrected chi connectivity index (χ3v) is 4.06. The standard InChI is InChI=1S/C20H19N3O5/c1-3-28-17-7-5-4-6-16(17)21-12-15-18(24)22-20(26)23(19(15)25)13-8-10-14(27-2)11-9-13/h4-12,15H,3H2,1-2H3,(H,22,24,26)/t15-/m0/s1. The van der Waals surface area contributed by atoms with Crippen molar-refractivity contribution in [3.63, 3.8) is 0 Å². The molecule has 0 unspecified atom stereocenters. The quantitative estimate of drug-likeness (QED) is 0.613. The molecule has 0 bridgehead atoms. The smallest absolute Gasteiger partial charge is 0.335 e. The van der Waals surface area contributed by atoms with Crippen molar-refractivity contribution in [3.05, 3.63) is 48.5 Å². The summed E-state index contributed by atoms with van der Waals surface area (Å²) in [7, 11) is 1.51. The Hall–Kier alpha value is -3.68. The molecule has 1 fully saturated rings. The number of nitrogens with zero attached hydrogens (tertiary/aromatic N) is 2. The van der Waals surface area contributed by atoms with Crippen molar-refractivity contribution in [3.8, 4) is 11.5 Å². The van der Waals surface area contributed by atoms with Crippen molar-refractivity contribution in [2.75, 3.05) is 18.6 Å². The van der Waals surface area contributed by atoms with E-state index in [1.165, 1.54) is 13.3 Å². The van der Waals surface area contributed by atoms with Gasteiger partial charge in [0.05, 0.1) is 19.4 Å². The highest BCUT2D eigenvalue weighted by Crippen LogP contribution is 2.28. The first kappa shape index (κ1) is 19.1. The molecule has 1 saturated heterocycles. The molecule has 1 N–H and O–H groups in total. The molecular formula is C20H19N3O5. The Morgan fingerprint density at radius 2 is 1.82 bits per heavy atom. The Bertz CT molecular complexity index is 924. The molecule has 0 radical (unpaired) electrons. The maximum Gasteiger partial charge on any atom is 0.335 e. The van der Waals surface area contributed by atoms with Gasteiger partial charge in [0.1, 0.15) is 17.2 Å². The maximum atomic E-state index is 12.8. The number of hydrogen-bond acceptors (Lipinski definition) is 6. The number of methoxy groups -OCH3 is 1. The molecule has 8 heteroatoms. The third kappa shape index (κ3) is 3.85. The van der Waals surface area contributed by atoms with Crippen molar-refractivity contribution < 1.29 is 23.9 Å². The first-order valence-corrected chi connectivity index (χ1v) is 8.64. The first-order valence-electron chi connectivity index (χ1n) is 8.64. The summed E-state index contributed by atoms with van der Waals surface area (Å²) in [6.45, 7) is 2.30. The predicted molar refractivity (Wildman–Crippen MR) is 103 cm³/mol. The van der Waals surface area contributed by atoms with Crippen LogP contribution in [0.25, 0.3) is 0 Å². The normalized spacial score (nSPS) is 17.0. The van der Waals surface area contributed by atoms with Crippen LogP contribution in [0.15, 0.2) is 53.5 Å². The SMILES string of the molecule is CCOc1ccccc1N=C[C@H]1C(=O)NC(=O)N(c2ccc(OC)cc2)C1=O. The van der Waals surface area contributed by atoms with Crippen molar-refractivity contribution in [1.82, 2.24) is 5.32 Å². The number of para-hydroxylation sites is 2. The molecule has 8 nitrogen and oxygen atoms in total. The number of anilines is 1. The molecule has 0 spiro atoms. The van der Waals surface area contributed by atoms with Crippen LogP contribution in [0, 0.1) is 5.92 Å². The molecule has 1 aliphatic rings. The Morgan fingerprint density at radius 3 is 2.50 bits per heavy atom. The first-order chi connectivity index (χ1) is 13.5. The van der Waals surface area contributed by atoms with Crippen LogP contribution in [0.2, 0.25) is 0 Å². The summed E-state index contributed by atoms with van der Waals surface area (Å²) in [5.74, 6) is -1.54. The summed E-state index contributed by atoms with van der Waals surface area (Å²) in [5.41, 5.74) is 0.807. The summed E-state index contributed by atoms with van der Waals surface area (Å²) >= 11 is 0. The number of benzene rings is 2. The minimum Gasteiger partial charge on any atom is -0.497 e. The van der Waals surface area contributed by atoms with E-state index < -0.39 is 23.8 Å². The zero-order valence-corrected chi connectivity index (χ0v) is 15.4. The molecule has 0 saturated carbocycles. The van der Waals surface area contributed by atoms with Crippen molar-refractivity contribution >= 4 is 35.4 Å². The number of barbiturate groups is 1. The van der Waals surface area contributed by atoms with E-state index in [4.69, 9.17) is 9.47 Å². The highest BCUT2D eigenvalue weighted by atomic mass is 16.5. The molecule has 4 amide bonds. The van der Waals surface area contributed by atoms with E-state index in [1.807, 2.05) is 6.92 Å². The van der Waals surface area contributed by atoms with Crippen molar-refractivity contribution in [1.29, 1.82) is 0 Å². The zero-order valence-electron chi connectivity index (χ0n) is 15.4. The van der Waals surface area contributed by atoms with Gasteiger partial charge in [-0.25, -0.2) is 9.69 Å². The van der Waals surface area contributed by atoms with Crippen LogP contribution in [0.5, 0.6) is 11.5 Å². The number of amides is 4. The number of rotatable bonds is 6. The number of aliphatic imine (C=N–C) groups is 1. The van der Waals surface area contributed by atoms with Gasteiger partial charge >= 0.3 is 6.03 Å². The van der Waals surface area contributed by atoms with Crippen LogP contribution in [0.4, 0.5) is 16.2 Å². The Morgan fingerprint density at radius 1 is 1.11 bits per heavy atom. The fraction of sp³-hybridized carbons (Fsp3) is 0.200. The highest BCUT2D eigenvalue weighted by molar-refractivity contribution is 6.32. The minimum absolute atomic E-state index is 0.323. The molecule has 144 valence electrons. The average Bonchev–Trinajstić information content (AvgIpc) is 2.69. The molecule has 28 heavy (non-hydrogen) atoms. The van der Waals surface area contributed by atoms with Gasteiger partial charge in [-0.2, -0.15) is 0 Å². The zero-order chi connectivity index (χ0) is 20.1. The molecule has 2 aromatic rings. The Labute approximate surface area is 161 Å². The van der Waals surface area contributed by atoms with E-state index in [0.29, 0.717) is 29.5 Å². The van der Waals surface area contributed by atoms with Gasteiger partial charge in [0, 0.05) is 6.21 Å². The number of hydrogen-bond donors (Lipinski definition) is 1. The molecular weight excluding hydrogens is 362 g/mol. The highest BCUT2D eigenvalue weighted by Gasteiger charge is 2.40. The van der Waals surface area contributed by atoms with Gasteiger partial charge in [0.2, 0.25) is 5.91 Å². The summed E-state index contributed by atoms with van der Waals surface area (Å²) in [4.78, 5) is 42.4. The molecule has 0 aromatic heterocycles. The molecule has 0 aliphatic carbocycles. The number of imide groups is 2. The van der Waals surface area contributed by atoms with Gasteiger partial charge < -0.3 is 9.47 Å². The molecule has 3 rings (SSSR count). The van der Waals surface area contributed by atoms with E-state index >= 15 is 0 Å². The lowest BCUT2D eigenvalue weighted by Crippen LogP contribution is -2.58. The number of urea groups is 1. The number of carbonyl (C=O) groups excluding carboxylic acids is 3. The lowest BCUT2D eigenvalue weighted by Gasteiger charge is -2.28. The second kappa shape index (κ2) is 8.34. The second-order valence-corrected chi connectivity index (χ2v) is 5.82. The summed E-state index contributed by atoms with van der Waals surface area (Å²) in [6, 6.07) is 12.6. The van der Waals surface area contributed by atoms with Gasteiger partial charge in [0.15, 0.2) is 5.92 Å². The van der Waals surface area contributed by atoms with E-state index in [-0.39, 0.29) is 0 Å². The largest absolute Gasteiger partial charge is 0.497 e. The van der Waals surface area contributed by atoms with Gasteiger partial charge in [-0.15, -0.1) is 0 Å². The fourth-order valence-corrected chi connectivity index (χ4v) is 2.69. The monoisotopic (exact) mass is 381 g/mol. The lowest BCUT2D eigenvalue weighted by molar-refractivity contribution is -0.131. The van der Waals surface area contributed by atoms with E-state index in [1.54, 1.807) is 48.5 Å². The lowest BCUT2D eigenvalue weighted by atomic mass is 10.1. The maximum absolute atomic E-state index is 12.8. The van der Waals surface area contributed by atoms with Crippen molar-refractivity contribution in [2.45, 2.75) is 6.92 Å². The van der Waals surface area contributed by atoms with Crippen molar-refractivity contribution in [2.24, 2.45) is 10.9 Å². The fourth-order valence-electron chi connectivity index (χ4n) is 2.69. The van der Waals surface area contributed by atoms with Crippen LogP contribution in [-0.2, 0) is 9.59 Å². The molecule has 1 heterocycles. The Kier molecular flexibility index (Phi) is 5.69.